The Morgan fingerprint density at radius 2 is 1.89 bits per heavy atom. The molecule has 0 fully saturated rings. The third-order valence-electron chi connectivity index (χ3n) is 4.48. The average Bonchev–Trinajstić information content (AvgIpc) is 3.08. The summed E-state index contributed by atoms with van der Waals surface area (Å²) in [6, 6.07) is 15.7. The zero-order valence-electron chi connectivity index (χ0n) is 14.9. The van der Waals surface area contributed by atoms with Crippen molar-refractivity contribution in [3.05, 3.63) is 77.9 Å². The first-order chi connectivity index (χ1) is 13.0. The number of aromatic nitrogens is 3. The topological polar surface area (TPSA) is 59.8 Å². The highest BCUT2D eigenvalue weighted by molar-refractivity contribution is 6.03. The number of pyridine rings is 1. The van der Waals surface area contributed by atoms with Gasteiger partial charge in [0, 0.05) is 35.9 Å². The van der Waals surface area contributed by atoms with Crippen molar-refractivity contribution in [3.8, 4) is 11.3 Å². The van der Waals surface area contributed by atoms with Gasteiger partial charge < -0.3 is 5.32 Å². The van der Waals surface area contributed by atoms with Gasteiger partial charge in [-0.15, -0.1) is 0 Å². The maximum Gasteiger partial charge on any atom is 0.273 e. The minimum absolute atomic E-state index is 0.217. The molecule has 4 aromatic rings. The largest absolute Gasteiger partial charge is 0.320 e. The first-order valence-electron chi connectivity index (χ1n) is 8.48. The van der Waals surface area contributed by atoms with Crippen molar-refractivity contribution in [3.63, 3.8) is 0 Å². The predicted octanol–water partition coefficient (Wildman–Crippen LogP) is 4.34. The SMILES string of the molecule is Cc1cc(-c2ccc3ccc(F)cc3n2)ccc1NC(=O)c1ccnn1C. The fourth-order valence-corrected chi connectivity index (χ4v) is 3.00. The van der Waals surface area contributed by atoms with Gasteiger partial charge in [-0.05, 0) is 48.9 Å². The Hall–Kier alpha value is -3.54. The summed E-state index contributed by atoms with van der Waals surface area (Å²) in [5.41, 5.74) is 4.37. The highest BCUT2D eigenvalue weighted by Gasteiger charge is 2.12. The molecule has 0 aliphatic heterocycles. The summed E-state index contributed by atoms with van der Waals surface area (Å²) in [7, 11) is 1.72. The number of nitrogens with one attached hydrogen (secondary N) is 1. The first-order valence-corrected chi connectivity index (χ1v) is 8.48. The van der Waals surface area contributed by atoms with Crippen molar-refractivity contribution >= 4 is 22.5 Å². The van der Waals surface area contributed by atoms with Gasteiger partial charge in [0.2, 0.25) is 0 Å². The molecule has 5 nitrogen and oxygen atoms in total. The van der Waals surface area contributed by atoms with Crippen LogP contribution in [0.2, 0.25) is 0 Å². The van der Waals surface area contributed by atoms with Gasteiger partial charge in [-0.3, -0.25) is 9.48 Å². The summed E-state index contributed by atoms with van der Waals surface area (Å²) >= 11 is 0. The number of carbonyl (C=O) groups is 1. The number of carbonyl (C=O) groups excluding carboxylic acids is 1. The smallest absolute Gasteiger partial charge is 0.273 e. The van der Waals surface area contributed by atoms with Crippen molar-refractivity contribution in [2.45, 2.75) is 6.92 Å². The summed E-state index contributed by atoms with van der Waals surface area (Å²) in [4.78, 5) is 16.9. The maximum atomic E-state index is 13.5. The molecule has 0 spiro atoms. The number of nitrogens with zero attached hydrogens (tertiary/aromatic N) is 3. The van der Waals surface area contributed by atoms with Gasteiger partial charge in [0.25, 0.3) is 5.91 Å². The Kier molecular flexibility index (Phi) is 4.16. The number of hydrogen-bond donors (Lipinski definition) is 1. The van der Waals surface area contributed by atoms with Crippen LogP contribution in [0.5, 0.6) is 0 Å². The normalized spacial score (nSPS) is 10.9. The number of aryl methyl sites for hydroxylation is 2. The molecular weight excluding hydrogens is 343 g/mol. The number of fused-ring (bicyclic) bond motifs is 1. The summed E-state index contributed by atoms with van der Waals surface area (Å²) in [5.74, 6) is -0.526. The lowest BCUT2D eigenvalue weighted by molar-refractivity contribution is 0.101. The molecule has 0 aliphatic rings. The summed E-state index contributed by atoms with van der Waals surface area (Å²) < 4.78 is 15.0. The molecule has 134 valence electrons. The van der Waals surface area contributed by atoms with Crippen LogP contribution in [0.1, 0.15) is 16.1 Å². The molecule has 0 aliphatic carbocycles. The van der Waals surface area contributed by atoms with Crippen LogP contribution >= 0.6 is 0 Å². The van der Waals surface area contributed by atoms with Crippen LogP contribution in [-0.2, 0) is 7.05 Å². The van der Waals surface area contributed by atoms with Crippen LogP contribution in [0.3, 0.4) is 0 Å². The molecule has 1 N–H and O–H groups in total. The Bertz CT molecular complexity index is 1170. The molecule has 0 radical (unpaired) electrons. The van der Waals surface area contributed by atoms with Crippen molar-refractivity contribution < 1.29 is 9.18 Å². The van der Waals surface area contributed by atoms with E-state index in [2.05, 4.69) is 15.4 Å². The van der Waals surface area contributed by atoms with Crippen molar-refractivity contribution in [2.75, 3.05) is 5.32 Å². The molecule has 0 bridgehead atoms. The van der Waals surface area contributed by atoms with Crippen LogP contribution < -0.4 is 5.32 Å². The van der Waals surface area contributed by atoms with E-state index in [9.17, 15) is 9.18 Å². The van der Waals surface area contributed by atoms with E-state index < -0.39 is 0 Å². The van der Waals surface area contributed by atoms with Gasteiger partial charge in [0.1, 0.15) is 11.5 Å². The molecule has 0 atom stereocenters. The maximum absolute atomic E-state index is 13.5. The van der Waals surface area contributed by atoms with E-state index in [1.54, 1.807) is 25.4 Å². The molecule has 2 heterocycles. The Morgan fingerprint density at radius 3 is 2.63 bits per heavy atom. The van der Waals surface area contributed by atoms with Gasteiger partial charge in [-0.2, -0.15) is 5.10 Å². The van der Waals surface area contributed by atoms with Gasteiger partial charge in [-0.25, -0.2) is 9.37 Å². The average molecular weight is 360 g/mol. The van der Waals surface area contributed by atoms with Gasteiger partial charge in [0.05, 0.1) is 11.2 Å². The number of rotatable bonds is 3. The number of anilines is 1. The minimum Gasteiger partial charge on any atom is -0.320 e. The highest BCUT2D eigenvalue weighted by Crippen LogP contribution is 2.26. The fraction of sp³-hybridized carbons (Fsp3) is 0.0952. The summed E-state index contributed by atoms with van der Waals surface area (Å²) in [6.45, 7) is 1.92. The molecule has 0 saturated carbocycles. The van der Waals surface area contributed by atoms with Crippen molar-refractivity contribution in [1.82, 2.24) is 14.8 Å². The molecule has 0 unspecified atom stereocenters. The molecule has 2 aromatic heterocycles. The quantitative estimate of drug-likeness (QED) is 0.591. The summed E-state index contributed by atoms with van der Waals surface area (Å²) in [6.07, 6.45) is 1.58. The minimum atomic E-state index is -0.309. The van der Waals surface area contributed by atoms with E-state index >= 15 is 0 Å². The molecule has 27 heavy (non-hydrogen) atoms. The van der Waals surface area contributed by atoms with Gasteiger partial charge in [-0.1, -0.05) is 12.1 Å². The van der Waals surface area contributed by atoms with E-state index in [4.69, 9.17) is 0 Å². The Balaban J connectivity index is 1.63. The lowest BCUT2D eigenvalue weighted by Gasteiger charge is -2.11. The molecule has 2 aromatic carbocycles. The van der Waals surface area contributed by atoms with Crippen molar-refractivity contribution in [1.29, 1.82) is 0 Å². The third kappa shape index (κ3) is 3.29. The monoisotopic (exact) mass is 360 g/mol. The number of halogens is 1. The van der Waals surface area contributed by atoms with E-state index in [1.807, 2.05) is 37.3 Å². The van der Waals surface area contributed by atoms with E-state index in [-0.39, 0.29) is 11.7 Å². The zero-order valence-corrected chi connectivity index (χ0v) is 14.9. The second-order valence-electron chi connectivity index (χ2n) is 6.36. The number of hydrogen-bond acceptors (Lipinski definition) is 3. The Morgan fingerprint density at radius 1 is 1.07 bits per heavy atom. The fourth-order valence-electron chi connectivity index (χ4n) is 3.00. The standard InChI is InChI=1S/C21H17FN4O/c1-13-11-15(18-8-4-14-3-6-16(22)12-19(14)24-18)5-7-17(13)25-21(27)20-9-10-23-26(20)2/h3-12H,1-2H3,(H,25,27). The second kappa shape index (κ2) is 6.64. The van der Waals surface area contributed by atoms with Crippen LogP contribution in [0.4, 0.5) is 10.1 Å². The lowest BCUT2D eigenvalue weighted by atomic mass is 10.1. The van der Waals surface area contributed by atoms with E-state index in [1.165, 1.54) is 16.8 Å². The predicted molar refractivity (Wildman–Crippen MR) is 103 cm³/mol. The van der Waals surface area contributed by atoms with Crippen LogP contribution in [-0.4, -0.2) is 20.7 Å². The molecule has 0 saturated heterocycles. The molecule has 1 amide bonds. The number of benzene rings is 2. The lowest BCUT2D eigenvalue weighted by Crippen LogP contribution is -2.16. The zero-order chi connectivity index (χ0) is 19.0. The highest BCUT2D eigenvalue weighted by atomic mass is 19.1. The van der Waals surface area contributed by atoms with Crippen LogP contribution in [0, 0.1) is 12.7 Å². The Labute approximate surface area is 155 Å². The molecular formula is C21H17FN4O. The third-order valence-corrected chi connectivity index (χ3v) is 4.48. The van der Waals surface area contributed by atoms with Crippen LogP contribution in [0.15, 0.2) is 60.8 Å². The first kappa shape index (κ1) is 16.9. The molecule has 6 heteroatoms. The number of amides is 1. The summed E-state index contributed by atoms with van der Waals surface area (Å²) in [5, 5.41) is 7.79. The second-order valence-corrected chi connectivity index (χ2v) is 6.36. The van der Waals surface area contributed by atoms with Gasteiger partial charge in [0.15, 0.2) is 0 Å². The van der Waals surface area contributed by atoms with E-state index in [0.717, 1.165) is 27.9 Å². The van der Waals surface area contributed by atoms with Crippen molar-refractivity contribution in [2.24, 2.45) is 7.05 Å². The van der Waals surface area contributed by atoms with Gasteiger partial charge >= 0.3 is 0 Å². The van der Waals surface area contributed by atoms with E-state index in [0.29, 0.717) is 11.2 Å². The van der Waals surface area contributed by atoms with Crippen LogP contribution in [0.25, 0.3) is 22.2 Å². The molecule has 4 rings (SSSR count).